The molecule has 82 valence electrons. The molecule has 0 spiro atoms. The number of carbonyl (C=O) groups is 1. The van der Waals surface area contributed by atoms with E-state index in [9.17, 15) is 4.79 Å². The molecule has 0 atom stereocenters. The van der Waals surface area contributed by atoms with Crippen molar-refractivity contribution < 1.29 is 14.3 Å². The maximum absolute atomic E-state index is 10.2. The molecule has 15 heavy (non-hydrogen) atoms. The monoisotopic (exact) mass is 320 g/mol. The van der Waals surface area contributed by atoms with E-state index in [-0.39, 0.29) is 12.7 Å². The van der Waals surface area contributed by atoms with Gasteiger partial charge in [0.05, 0.1) is 6.10 Å². The fourth-order valence-electron chi connectivity index (χ4n) is 1.07. The third-order valence-electron chi connectivity index (χ3n) is 1.58. The molecule has 1 rings (SSSR count). The molecule has 0 N–H and O–H groups in total. The van der Waals surface area contributed by atoms with E-state index in [1.807, 2.05) is 32.0 Å². The van der Waals surface area contributed by atoms with E-state index in [1.165, 1.54) is 0 Å². The third kappa shape index (κ3) is 4.07. The Hall–Kier alpha value is -0.780. The van der Waals surface area contributed by atoms with Crippen molar-refractivity contribution in [2.75, 3.05) is 6.61 Å². The maximum atomic E-state index is 10.2. The molecule has 0 aromatic heterocycles. The van der Waals surface area contributed by atoms with Crippen LogP contribution in [0.15, 0.2) is 18.2 Å². The Morgan fingerprint density at radius 3 is 2.73 bits per heavy atom. The topological polar surface area (TPSA) is 35.5 Å². The van der Waals surface area contributed by atoms with Gasteiger partial charge in [0, 0.05) is 3.57 Å². The molecule has 0 saturated carbocycles. The Kier molecular flexibility index (Phi) is 4.87. The number of carbonyl (C=O) groups excluding carboxylic acids is 1. The van der Waals surface area contributed by atoms with E-state index in [4.69, 9.17) is 9.47 Å². The van der Waals surface area contributed by atoms with Crippen molar-refractivity contribution in [2.45, 2.75) is 20.0 Å². The zero-order chi connectivity index (χ0) is 11.3. The van der Waals surface area contributed by atoms with Crippen molar-refractivity contribution in [3.63, 3.8) is 0 Å². The van der Waals surface area contributed by atoms with Gasteiger partial charge < -0.3 is 9.47 Å². The van der Waals surface area contributed by atoms with Gasteiger partial charge in [-0.05, 0) is 54.6 Å². The molecule has 0 aliphatic carbocycles. The van der Waals surface area contributed by atoms with Gasteiger partial charge in [-0.3, -0.25) is 4.79 Å². The summed E-state index contributed by atoms with van der Waals surface area (Å²) in [5.41, 5.74) is 0. The van der Waals surface area contributed by atoms with Gasteiger partial charge in [-0.25, -0.2) is 0 Å². The molecule has 0 heterocycles. The lowest BCUT2D eigenvalue weighted by Crippen LogP contribution is -2.08. The number of aldehydes is 1. The average molecular weight is 320 g/mol. The van der Waals surface area contributed by atoms with Gasteiger partial charge in [-0.15, -0.1) is 0 Å². The molecule has 0 radical (unpaired) electrons. The molecule has 0 aliphatic heterocycles. The van der Waals surface area contributed by atoms with Crippen LogP contribution in [0.25, 0.3) is 0 Å². The van der Waals surface area contributed by atoms with Gasteiger partial charge in [0.2, 0.25) is 0 Å². The van der Waals surface area contributed by atoms with Crippen LogP contribution in [0.5, 0.6) is 11.5 Å². The summed E-state index contributed by atoms with van der Waals surface area (Å²) in [5.74, 6) is 1.29. The van der Waals surface area contributed by atoms with Crippen LogP contribution in [0, 0.1) is 3.57 Å². The van der Waals surface area contributed by atoms with E-state index < -0.39 is 0 Å². The number of ether oxygens (including phenoxy) is 2. The van der Waals surface area contributed by atoms with Crippen LogP contribution in [0.4, 0.5) is 0 Å². The van der Waals surface area contributed by atoms with Crippen LogP contribution in [0.1, 0.15) is 13.8 Å². The average Bonchev–Trinajstić information content (AvgIpc) is 2.18. The van der Waals surface area contributed by atoms with Gasteiger partial charge in [-0.2, -0.15) is 0 Å². The van der Waals surface area contributed by atoms with Crippen molar-refractivity contribution >= 4 is 28.9 Å². The predicted molar refractivity (Wildman–Crippen MR) is 66.5 cm³/mol. The second-order valence-corrected chi connectivity index (χ2v) is 4.48. The summed E-state index contributed by atoms with van der Waals surface area (Å²) in [6.07, 6.45) is 0.808. The number of benzene rings is 1. The Bertz CT molecular complexity index is 337. The second-order valence-electron chi connectivity index (χ2n) is 3.24. The summed E-state index contributed by atoms with van der Waals surface area (Å²) < 4.78 is 11.9. The second kappa shape index (κ2) is 5.95. The van der Waals surface area contributed by atoms with Gasteiger partial charge >= 0.3 is 0 Å². The Morgan fingerprint density at radius 2 is 2.13 bits per heavy atom. The highest BCUT2D eigenvalue weighted by molar-refractivity contribution is 14.1. The first-order chi connectivity index (χ1) is 7.13. The Labute approximate surface area is 103 Å². The summed E-state index contributed by atoms with van der Waals surface area (Å²) in [7, 11) is 0. The lowest BCUT2D eigenvalue weighted by atomic mass is 10.3. The molecule has 0 bridgehead atoms. The normalized spacial score (nSPS) is 10.1. The molecule has 0 saturated heterocycles. The number of hydrogen-bond donors (Lipinski definition) is 0. The Balaban J connectivity index is 2.86. The van der Waals surface area contributed by atoms with Crippen molar-refractivity contribution in [3.8, 4) is 11.5 Å². The van der Waals surface area contributed by atoms with E-state index in [2.05, 4.69) is 22.6 Å². The maximum Gasteiger partial charge on any atom is 0.162 e. The highest BCUT2D eigenvalue weighted by atomic mass is 127. The fourth-order valence-corrected chi connectivity index (χ4v) is 1.53. The minimum atomic E-state index is 0.0501. The van der Waals surface area contributed by atoms with E-state index in [0.29, 0.717) is 11.5 Å². The molecular formula is C11H13IO3. The molecule has 0 fully saturated rings. The van der Waals surface area contributed by atoms with Gasteiger partial charge in [-0.1, -0.05) is 0 Å². The summed E-state index contributed by atoms with van der Waals surface area (Å²) in [4.78, 5) is 10.2. The first-order valence-corrected chi connectivity index (χ1v) is 5.74. The zero-order valence-electron chi connectivity index (χ0n) is 8.70. The summed E-state index contributed by atoms with van der Waals surface area (Å²) >= 11 is 2.18. The van der Waals surface area contributed by atoms with Gasteiger partial charge in [0.1, 0.15) is 6.61 Å². The minimum Gasteiger partial charge on any atom is -0.487 e. The van der Waals surface area contributed by atoms with Crippen molar-refractivity contribution in [2.24, 2.45) is 0 Å². The number of rotatable bonds is 5. The largest absolute Gasteiger partial charge is 0.487 e. The summed E-state index contributed by atoms with van der Waals surface area (Å²) in [6, 6.07) is 5.63. The minimum absolute atomic E-state index is 0.0501. The molecule has 0 amide bonds. The quantitative estimate of drug-likeness (QED) is 0.618. The van der Waals surface area contributed by atoms with Gasteiger partial charge in [0.25, 0.3) is 0 Å². The highest BCUT2D eigenvalue weighted by Crippen LogP contribution is 2.29. The molecule has 1 aromatic carbocycles. The fraction of sp³-hybridized carbons (Fsp3) is 0.364. The first-order valence-electron chi connectivity index (χ1n) is 4.66. The predicted octanol–water partition coefficient (Wildman–Crippen LogP) is 2.66. The smallest absolute Gasteiger partial charge is 0.162 e. The molecule has 0 aliphatic rings. The first kappa shape index (κ1) is 12.3. The Morgan fingerprint density at radius 1 is 1.40 bits per heavy atom. The van der Waals surface area contributed by atoms with Crippen LogP contribution in [-0.4, -0.2) is 19.0 Å². The van der Waals surface area contributed by atoms with Crippen molar-refractivity contribution in [3.05, 3.63) is 21.8 Å². The molecule has 1 aromatic rings. The molecular weight excluding hydrogens is 307 g/mol. The van der Waals surface area contributed by atoms with Gasteiger partial charge in [0.15, 0.2) is 17.8 Å². The van der Waals surface area contributed by atoms with Crippen molar-refractivity contribution in [1.29, 1.82) is 0 Å². The van der Waals surface area contributed by atoms with Crippen LogP contribution in [0.2, 0.25) is 0 Å². The van der Waals surface area contributed by atoms with Crippen molar-refractivity contribution in [1.82, 2.24) is 0 Å². The van der Waals surface area contributed by atoms with Crippen LogP contribution >= 0.6 is 22.6 Å². The number of halogens is 1. The standard InChI is InChI=1S/C11H13IO3/c1-8(2)15-10-4-3-9(12)7-11(10)14-6-5-13/h3-5,7-8H,6H2,1-2H3. The molecule has 4 heteroatoms. The van der Waals surface area contributed by atoms with E-state index in [0.717, 1.165) is 9.86 Å². The van der Waals surface area contributed by atoms with Crippen LogP contribution in [0.3, 0.4) is 0 Å². The number of hydrogen-bond acceptors (Lipinski definition) is 3. The molecule has 0 unspecified atom stereocenters. The summed E-state index contributed by atoms with van der Waals surface area (Å²) in [6.45, 7) is 3.94. The summed E-state index contributed by atoms with van der Waals surface area (Å²) in [5, 5.41) is 0. The van der Waals surface area contributed by atoms with E-state index >= 15 is 0 Å². The van der Waals surface area contributed by atoms with Crippen LogP contribution in [-0.2, 0) is 4.79 Å². The lowest BCUT2D eigenvalue weighted by molar-refractivity contribution is -0.109. The molecule has 3 nitrogen and oxygen atoms in total. The lowest BCUT2D eigenvalue weighted by Gasteiger charge is -2.14. The van der Waals surface area contributed by atoms with E-state index in [1.54, 1.807) is 0 Å². The zero-order valence-corrected chi connectivity index (χ0v) is 10.9. The highest BCUT2D eigenvalue weighted by Gasteiger charge is 2.07. The SMILES string of the molecule is CC(C)Oc1ccc(I)cc1OCC=O. The van der Waals surface area contributed by atoms with Crippen LogP contribution < -0.4 is 9.47 Å². The third-order valence-corrected chi connectivity index (χ3v) is 2.25.